The molecule has 1 aromatic rings. The van der Waals surface area contributed by atoms with E-state index in [1.807, 2.05) is 6.92 Å². The molecule has 1 aliphatic rings. The summed E-state index contributed by atoms with van der Waals surface area (Å²) in [7, 11) is 0. The lowest BCUT2D eigenvalue weighted by Gasteiger charge is -2.38. The van der Waals surface area contributed by atoms with Crippen molar-refractivity contribution in [3.05, 3.63) is 23.7 Å². The van der Waals surface area contributed by atoms with Gasteiger partial charge in [-0.2, -0.15) is 0 Å². The maximum atomic E-state index is 12.3. The third kappa shape index (κ3) is 2.22. The molecule has 2 atom stereocenters. The summed E-state index contributed by atoms with van der Waals surface area (Å²) in [5.74, 6) is 0.642. The fourth-order valence-electron chi connectivity index (χ4n) is 2.50. The second kappa shape index (κ2) is 4.92. The summed E-state index contributed by atoms with van der Waals surface area (Å²) in [5, 5.41) is 9.42. The van der Waals surface area contributed by atoms with Crippen molar-refractivity contribution in [2.45, 2.75) is 32.7 Å². The number of aliphatic hydroxyl groups excluding tert-OH is 1. The van der Waals surface area contributed by atoms with Crippen LogP contribution in [0.5, 0.6) is 0 Å². The molecule has 2 heterocycles. The minimum absolute atomic E-state index is 0.0205. The number of aliphatic hydroxyl groups is 1. The van der Waals surface area contributed by atoms with Crippen molar-refractivity contribution in [2.24, 2.45) is 5.92 Å². The topological polar surface area (TPSA) is 53.7 Å². The van der Waals surface area contributed by atoms with Gasteiger partial charge in [-0.3, -0.25) is 4.79 Å². The molecule has 2 unspecified atom stereocenters. The first-order chi connectivity index (χ1) is 8.15. The average Bonchev–Trinajstić information content (AvgIpc) is 2.74. The van der Waals surface area contributed by atoms with Crippen LogP contribution in [0.1, 0.15) is 35.9 Å². The number of hydrogen-bond acceptors (Lipinski definition) is 3. The second-order valence-electron chi connectivity index (χ2n) is 4.80. The number of hydrogen-bond donors (Lipinski definition) is 1. The van der Waals surface area contributed by atoms with E-state index in [1.165, 1.54) is 6.26 Å². The van der Waals surface area contributed by atoms with Crippen molar-refractivity contribution in [3.8, 4) is 0 Å². The van der Waals surface area contributed by atoms with Crippen LogP contribution in [0.3, 0.4) is 0 Å². The molecular formula is C13H19NO3. The Balaban J connectivity index is 2.21. The van der Waals surface area contributed by atoms with Gasteiger partial charge in [0.2, 0.25) is 0 Å². The Morgan fingerprint density at radius 3 is 3.00 bits per heavy atom. The number of aryl methyl sites for hydroxylation is 1. The Bertz CT molecular complexity index is 399. The number of piperidine rings is 1. The van der Waals surface area contributed by atoms with E-state index in [0.717, 1.165) is 18.4 Å². The van der Waals surface area contributed by atoms with Crippen LogP contribution in [0.15, 0.2) is 16.7 Å². The first-order valence-corrected chi connectivity index (χ1v) is 6.11. The van der Waals surface area contributed by atoms with E-state index in [1.54, 1.807) is 11.0 Å². The lowest BCUT2D eigenvalue weighted by molar-refractivity contribution is 0.0331. The number of carbonyl (C=O) groups excluding carboxylic acids is 1. The molecule has 1 amide bonds. The van der Waals surface area contributed by atoms with Crippen LogP contribution < -0.4 is 0 Å². The van der Waals surface area contributed by atoms with Gasteiger partial charge in [0.15, 0.2) is 5.76 Å². The Labute approximate surface area is 101 Å². The predicted molar refractivity (Wildman–Crippen MR) is 63.8 cm³/mol. The minimum atomic E-state index is -0.0990. The maximum absolute atomic E-state index is 12.3. The summed E-state index contributed by atoms with van der Waals surface area (Å²) in [4.78, 5) is 14.1. The molecule has 0 aromatic carbocycles. The molecule has 1 fully saturated rings. The number of rotatable bonds is 2. The van der Waals surface area contributed by atoms with Crippen LogP contribution >= 0.6 is 0 Å². The minimum Gasteiger partial charge on any atom is -0.459 e. The highest BCUT2D eigenvalue weighted by Crippen LogP contribution is 2.25. The van der Waals surface area contributed by atoms with E-state index in [2.05, 4.69) is 6.92 Å². The molecule has 0 spiro atoms. The van der Waals surface area contributed by atoms with Crippen molar-refractivity contribution in [1.29, 1.82) is 0 Å². The number of furan rings is 1. The zero-order valence-corrected chi connectivity index (χ0v) is 10.3. The molecule has 0 aliphatic carbocycles. The molecule has 1 aliphatic heterocycles. The van der Waals surface area contributed by atoms with Crippen LogP contribution in [0.25, 0.3) is 0 Å². The van der Waals surface area contributed by atoms with Crippen LogP contribution in [0.4, 0.5) is 0 Å². The molecule has 0 bridgehead atoms. The van der Waals surface area contributed by atoms with E-state index in [4.69, 9.17) is 4.42 Å². The Hall–Kier alpha value is -1.29. The first kappa shape index (κ1) is 12.2. The van der Waals surface area contributed by atoms with Crippen LogP contribution in [0, 0.1) is 12.8 Å². The van der Waals surface area contributed by atoms with Gasteiger partial charge >= 0.3 is 0 Å². The van der Waals surface area contributed by atoms with Crippen molar-refractivity contribution >= 4 is 5.91 Å². The van der Waals surface area contributed by atoms with Crippen LogP contribution in [0.2, 0.25) is 0 Å². The molecule has 2 rings (SSSR count). The molecule has 17 heavy (non-hydrogen) atoms. The summed E-state index contributed by atoms with van der Waals surface area (Å²) in [6.07, 6.45) is 3.58. The van der Waals surface area contributed by atoms with Crippen molar-refractivity contribution < 1.29 is 14.3 Å². The molecule has 94 valence electrons. The zero-order valence-electron chi connectivity index (χ0n) is 10.3. The second-order valence-corrected chi connectivity index (χ2v) is 4.80. The zero-order chi connectivity index (χ0) is 12.4. The lowest BCUT2D eigenvalue weighted by Crippen LogP contribution is -2.49. The maximum Gasteiger partial charge on any atom is 0.290 e. The molecule has 0 saturated carbocycles. The van der Waals surface area contributed by atoms with Gasteiger partial charge in [0.05, 0.1) is 18.9 Å². The van der Waals surface area contributed by atoms with Gasteiger partial charge in [0.1, 0.15) is 0 Å². The highest BCUT2D eigenvalue weighted by Gasteiger charge is 2.33. The van der Waals surface area contributed by atoms with E-state index >= 15 is 0 Å². The lowest BCUT2D eigenvalue weighted by atomic mass is 9.91. The average molecular weight is 237 g/mol. The fraction of sp³-hybridized carbons (Fsp3) is 0.615. The summed E-state index contributed by atoms with van der Waals surface area (Å²) >= 11 is 0. The van der Waals surface area contributed by atoms with E-state index in [9.17, 15) is 9.90 Å². The van der Waals surface area contributed by atoms with Gasteiger partial charge < -0.3 is 14.4 Å². The Kier molecular flexibility index (Phi) is 3.52. The molecule has 4 nitrogen and oxygen atoms in total. The quantitative estimate of drug-likeness (QED) is 0.853. The fourth-order valence-corrected chi connectivity index (χ4v) is 2.50. The van der Waals surface area contributed by atoms with Gasteiger partial charge in [-0.05, 0) is 31.7 Å². The number of nitrogens with zero attached hydrogens (tertiary/aromatic N) is 1. The largest absolute Gasteiger partial charge is 0.459 e. The SMILES string of the molecule is Cc1ccoc1C(=O)N1CCCC(C)C1CO. The van der Waals surface area contributed by atoms with Crippen LogP contribution in [-0.2, 0) is 0 Å². The molecule has 1 saturated heterocycles. The monoisotopic (exact) mass is 237 g/mol. The number of carbonyl (C=O) groups is 1. The summed E-state index contributed by atoms with van der Waals surface area (Å²) in [5.41, 5.74) is 0.852. The summed E-state index contributed by atoms with van der Waals surface area (Å²) in [6.45, 7) is 4.66. The van der Waals surface area contributed by atoms with Gasteiger partial charge in [0.25, 0.3) is 5.91 Å². The van der Waals surface area contributed by atoms with Gasteiger partial charge in [-0.25, -0.2) is 0 Å². The van der Waals surface area contributed by atoms with E-state index < -0.39 is 0 Å². The molecule has 1 aromatic heterocycles. The first-order valence-electron chi connectivity index (χ1n) is 6.11. The van der Waals surface area contributed by atoms with Gasteiger partial charge in [-0.15, -0.1) is 0 Å². The number of amides is 1. The van der Waals surface area contributed by atoms with E-state index in [-0.39, 0.29) is 18.6 Å². The van der Waals surface area contributed by atoms with Crippen LogP contribution in [-0.4, -0.2) is 35.1 Å². The molecular weight excluding hydrogens is 218 g/mol. The standard InChI is InChI=1S/C13H19NO3/c1-9-4-3-6-14(11(9)8-15)13(16)12-10(2)5-7-17-12/h5,7,9,11,15H,3-4,6,8H2,1-2H3. The Morgan fingerprint density at radius 2 is 2.41 bits per heavy atom. The third-order valence-electron chi connectivity index (χ3n) is 3.62. The molecule has 4 heteroatoms. The highest BCUT2D eigenvalue weighted by atomic mass is 16.3. The van der Waals surface area contributed by atoms with Gasteiger partial charge in [-0.1, -0.05) is 6.92 Å². The predicted octanol–water partition coefficient (Wildman–Crippen LogP) is 1.82. The van der Waals surface area contributed by atoms with Crippen molar-refractivity contribution in [1.82, 2.24) is 4.90 Å². The van der Waals surface area contributed by atoms with Crippen molar-refractivity contribution in [3.63, 3.8) is 0 Å². The normalized spacial score (nSPS) is 25.0. The number of likely N-dealkylation sites (tertiary alicyclic amines) is 1. The smallest absolute Gasteiger partial charge is 0.290 e. The van der Waals surface area contributed by atoms with Gasteiger partial charge in [0, 0.05) is 12.1 Å². The summed E-state index contributed by atoms with van der Waals surface area (Å²) < 4.78 is 5.23. The summed E-state index contributed by atoms with van der Waals surface area (Å²) in [6, 6.07) is 1.70. The molecule has 1 N–H and O–H groups in total. The highest BCUT2D eigenvalue weighted by molar-refractivity contribution is 5.93. The van der Waals surface area contributed by atoms with E-state index in [0.29, 0.717) is 18.2 Å². The molecule has 0 radical (unpaired) electrons. The van der Waals surface area contributed by atoms with Crippen molar-refractivity contribution in [2.75, 3.05) is 13.2 Å². The Morgan fingerprint density at radius 1 is 1.65 bits per heavy atom. The third-order valence-corrected chi connectivity index (χ3v) is 3.62.